The summed E-state index contributed by atoms with van der Waals surface area (Å²) in [6.07, 6.45) is 0. The van der Waals surface area contributed by atoms with Crippen molar-refractivity contribution in [2.45, 2.75) is 37.1 Å². The maximum Gasteiger partial charge on any atom is 0.252 e. The molecule has 0 radical (unpaired) electrons. The topological polar surface area (TPSA) is 49.3 Å². The van der Waals surface area contributed by atoms with Crippen molar-refractivity contribution in [3.8, 4) is 0 Å². The Kier molecular flexibility index (Phi) is 6.04. The molecule has 4 heteroatoms. The van der Waals surface area contributed by atoms with Gasteiger partial charge in [-0.25, -0.2) is 0 Å². The predicted octanol–water partition coefficient (Wildman–Crippen LogP) is 3.61. The van der Waals surface area contributed by atoms with Gasteiger partial charge in [0.1, 0.15) is 0 Å². The Morgan fingerprint density at radius 3 is 2.41 bits per heavy atom. The summed E-state index contributed by atoms with van der Waals surface area (Å²) in [4.78, 5) is 13.4. The van der Waals surface area contributed by atoms with Crippen LogP contribution in [0.25, 0.3) is 0 Å². The smallest absolute Gasteiger partial charge is 0.252 e. The molecule has 2 rings (SSSR count). The third kappa shape index (κ3) is 4.36. The number of amides is 1. The number of carbonyl (C=O) groups is 1. The number of hydrogen-bond donors (Lipinski definition) is 2. The lowest BCUT2D eigenvalue weighted by Gasteiger charge is -2.12. The van der Waals surface area contributed by atoms with E-state index in [0.717, 1.165) is 16.0 Å². The zero-order valence-corrected chi connectivity index (χ0v) is 13.7. The molecule has 116 valence electrons. The molecule has 0 heterocycles. The van der Waals surface area contributed by atoms with Gasteiger partial charge in [0.25, 0.3) is 5.91 Å². The van der Waals surface area contributed by atoms with Gasteiger partial charge in [-0.3, -0.25) is 4.79 Å². The lowest BCUT2D eigenvalue weighted by atomic mass is 10.1. The Morgan fingerprint density at radius 1 is 1.09 bits per heavy atom. The number of nitrogens with one attached hydrogen (secondary N) is 1. The largest absolute Gasteiger partial charge is 0.392 e. The molecule has 22 heavy (non-hydrogen) atoms. The van der Waals surface area contributed by atoms with Crippen LogP contribution in [0.3, 0.4) is 0 Å². The predicted molar refractivity (Wildman–Crippen MR) is 91.0 cm³/mol. The van der Waals surface area contributed by atoms with Gasteiger partial charge in [0.15, 0.2) is 0 Å². The van der Waals surface area contributed by atoms with Crippen LogP contribution in [0.4, 0.5) is 0 Å². The van der Waals surface area contributed by atoms with Crippen molar-refractivity contribution in [3.05, 3.63) is 65.2 Å². The first-order chi connectivity index (χ1) is 10.6. The van der Waals surface area contributed by atoms with E-state index in [1.165, 1.54) is 0 Å². The third-order valence-corrected chi connectivity index (χ3v) is 4.30. The Bertz CT molecular complexity index is 640. The van der Waals surface area contributed by atoms with E-state index < -0.39 is 0 Å². The summed E-state index contributed by atoms with van der Waals surface area (Å²) in [6.45, 7) is 4.61. The highest BCUT2D eigenvalue weighted by Crippen LogP contribution is 2.26. The monoisotopic (exact) mass is 315 g/mol. The molecule has 0 saturated heterocycles. The first kappa shape index (κ1) is 16.6. The summed E-state index contributed by atoms with van der Waals surface area (Å²) >= 11 is 1.68. The summed E-state index contributed by atoms with van der Waals surface area (Å²) in [7, 11) is 0. The lowest BCUT2D eigenvalue weighted by Crippen LogP contribution is -2.24. The molecular formula is C18H21NO2S. The molecule has 2 aromatic carbocycles. The van der Waals surface area contributed by atoms with E-state index in [2.05, 4.69) is 19.2 Å². The molecule has 1 amide bonds. The molecule has 0 aliphatic rings. The van der Waals surface area contributed by atoms with Crippen LogP contribution in [-0.4, -0.2) is 16.3 Å². The van der Waals surface area contributed by atoms with Crippen molar-refractivity contribution in [2.24, 2.45) is 0 Å². The highest BCUT2D eigenvalue weighted by molar-refractivity contribution is 8.00. The standard InChI is InChI=1S/C18H21NO2S/c1-13(2)22-17-10-6-5-9-16(17)18(21)19-11-14-7-3-4-8-15(14)12-20/h3-10,13,20H,11-12H2,1-2H3,(H,19,21). The van der Waals surface area contributed by atoms with Gasteiger partial charge in [0.2, 0.25) is 0 Å². The summed E-state index contributed by atoms with van der Waals surface area (Å²) in [6, 6.07) is 15.2. The number of aliphatic hydroxyl groups excluding tert-OH is 1. The van der Waals surface area contributed by atoms with E-state index >= 15 is 0 Å². The zero-order valence-electron chi connectivity index (χ0n) is 12.9. The second-order valence-corrected chi connectivity index (χ2v) is 6.89. The minimum Gasteiger partial charge on any atom is -0.392 e. The number of thioether (sulfide) groups is 1. The van der Waals surface area contributed by atoms with Crippen LogP contribution >= 0.6 is 11.8 Å². The van der Waals surface area contributed by atoms with Gasteiger partial charge in [-0.2, -0.15) is 0 Å². The fourth-order valence-electron chi connectivity index (χ4n) is 2.17. The maximum atomic E-state index is 12.4. The second-order valence-electron chi connectivity index (χ2n) is 5.27. The van der Waals surface area contributed by atoms with Gasteiger partial charge < -0.3 is 10.4 Å². The third-order valence-electron chi connectivity index (χ3n) is 3.22. The van der Waals surface area contributed by atoms with Crippen LogP contribution in [0.5, 0.6) is 0 Å². The van der Waals surface area contributed by atoms with Gasteiger partial charge in [0.05, 0.1) is 12.2 Å². The van der Waals surface area contributed by atoms with E-state index in [1.807, 2.05) is 48.5 Å². The van der Waals surface area contributed by atoms with Crippen molar-refractivity contribution in [1.82, 2.24) is 5.32 Å². The molecule has 0 aliphatic carbocycles. The normalized spacial score (nSPS) is 10.7. The summed E-state index contributed by atoms with van der Waals surface area (Å²) < 4.78 is 0. The molecule has 0 bridgehead atoms. The van der Waals surface area contributed by atoms with Gasteiger partial charge in [-0.1, -0.05) is 50.2 Å². The molecule has 2 aromatic rings. The Labute approximate surface area is 135 Å². The fraction of sp³-hybridized carbons (Fsp3) is 0.278. The molecule has 2 N–H and O–H groups in total. The first-order valence-electron chi connectivity index (χ1n) is 7.33. The summed E-state index contributed by atoms with van der Waals surface area (Å²) in [5.74, 6) is -0.0866. The van der Waals surface area contributed by atoms with Crippen LogP contribution in [-0.2, 0) is 13.2 Å². The summed E-state index contributed by atoms with van der Waals surface area (Å²) in [5, 5.41) is 12.7. The highest BCUT2D eigenvalue weighted by atomic mass is 32.2. The molecule has 0 spiro atoms. The molecule has 0 aliphatic heterocycles. The number of benzene rings is 2. The average Bonchev–Trinajstić information content (AvgIpc) is 2.52. The van der Waals surface area contributed by atoms with Crippen LogP contribution in [0.1, 0.15) is 35.3 Å². The van der Waals surface area contributed by atoms with Crippen molar-refractivity contribution >= 4 is 17.7 Å². The Balaban J connectivity index is 2.10. The average molecular weight is 315 g/mol. The first-order valence-corrected chi connectivity index (χ1v) is 8.21. The SMILES string of the molecule is CC(C)Sc1ccccc1C(=O)NCc1ccccc1CO. The minimum absolute atomic E-state index is 0.0220. The van der Waals surface area contributed by atoms with Crippen molar-refractivity contribution in [2.75, 3.05) is 0 Å². The molecule has 3 nitrogen and oxygen atoms in total. The lowest BCUT2D eigenvalue weighted by molar-refractivity contribution is 0.0947. The minimum atomic E-state index is -0.0866. The van der Waals surface area contributed by atoms with Crippen LogP contribution in [0.15, 0.2) is 53.4 Å². The van der Waals surface area contributed by atoms with Crippen LogP contribution in [0.2, 0.25) is 0 Å². The second kappa shape index (κ2) is 8.01. The van der Waals surface area contributed by atoms with E-state index in [9.17, 15) is 9.90 Å². The molecule has 0 unspecified atom stereocenters. The van der Waals surface area contributed by atoms with E-state index in [-0.39, 0.29) is 12.5 Å². The number of hydrogen-bond acceptors (Lipinski definition) is 3. The maximum absolute atomic E-state index is 12.4. The molecule has 0 aromatic heterocycles. The zero-order chi connectivity index (χ0) is 15.9. The van der Waals surface area contributed by atoms with E-state index in [0.29, 0.717) is 17.4 Å². The number of carbonyl (C=O) groups excluding carboxylic acids is 1. The Morgan fingerprint density at radius 2 is 1.73 bits per heavy atom. The molecule has 0 fully saturated rings. The van der Waals surface area contributed by atoms with Gasteiger partial charge in [0, 0.05) is 16.7 Å². The van der Waals surface area contributed by atoms with Crippen molar-refractivity contribution in [3.63, 3.8) is 0 Å². The van der Waals surface area contributed by atoms with Crippen LogP contribution < -0.4 is 5.32 Å². The fourth-order valence-corrected chi connectivity index (χ4v) is 3.12. The van der Waals surface area contributed by atoms with Crippen molar-refractivity contribution < 1.29 is 9.90 Å². The van der Waals surface area contributed by atoms with Crippen LogP contribution in [0, 0.1) is 0 Å². The highest BCUT2D eigenvalue weighted by Gasteiger charge is 2.12. The molecule has 0 saturated carbocycles. The number of aliphatic hydroxyl groups is 1. The van der Waals surface area contributed by atoms with E-state index in [1.54, 1.807) is 11.8 Å². The van der Waals surface area contributed by atoms with Gasteiger partial charge >= 0.3 is 0 Å². The van der Waals surface area contributed by atoms with Gasteiger partial charge in [-0.15, -0.1) is 11.8 Å². The number of rotatable bonds is 6. The van der Waals surface area contributed by atoms with E-state index in [4.69, 9.17) is 0 Å². The molecular weight excluding hydrogens is 294 g/mol. The van der Waals surface area contributed by atoms with Gasteiger partial charge in [-0.05, 0) is 23.3 Å². The quantitative estimate of drug-likeness (QED) is 0.801. The Hall–Kier alpha value is -1.78. The van der Waals surface area contributed by atoms with Crippen molar-refractivity contribution in [1.29, 1.82) is 0 Å². The molecule has 0 atom stereocenters. The summed E-state index contributed by atoms with van der Waals surface area (Å²) in [5.41, 5.74) is 2.47.